The molecule has 0 saturated heterocycles. The van der Waals surface area contributed by atoms with E-state index in [2.05, 4.69) is 27.5 Å². The summed E-state index contributed by atoms with van der Waals surface area (Å²) in [5.74, 6) is -0.0550. The van der Waals surface area contributed by atoms with E-state index in [1.807, 2.05) is 48.5 Å². The summed E-state index contributed by atoms with van der Waals surface area (Å²) >= 11 is 4.71. The van der Waals surface area contributed by atoms with E-state index in [0.717, 1.165) is 10.0 Å². The SMILES string of the molecule is C=CCOc1ccc(/C=C2\SC(=Nc3ccccc3)C(C(=O)OCC)=C2O)cc1Br. The number of hydrogen-bond donors (Lipinski definition) is 1. The molecule has 0 spiro atoms. The molecule has 0 radical (unpaired) electrons. The normalized spacial score (nSPS) is 16.2. The van der Waals surface area contributed by atoms with Gasteiger partial charge in [-0.2, -0.15) is 0 Å². The van der Waals surface area contributed by atoms with Gasteiger partial charge in [0.05, 0.1) is 21.7 Å². The second kappa shape index (κ2) is 10.3. The summed E-state index contributed by atoms with van der Waals surface area (Å²) in [6.45, 7) is 5.96. The zero-order valence-electron chi connectivity index (χ0n) is 16.3. The summed E-state index contributed by atoms with van der Waals surface area (Å²) in [6.07, 6.45) is 3.46. The topological polar surface area (TPSA) is 68.1 Å². The Kier molecular flexibility index (Phi) is 7.54. The standard InChI is InChI=1S/C23H20BrNO4S/c1-3-12-29-18-11-10-15(13-17(18)24)14-19-21(26)20(23(27)28-4-2)22(30-19)25-16-8-6-5-7-9-16/h3,5-11,13-14,26H,1,4,12H2,2H3/b19-14-,25-22?. The molecule has 7 heteroatoms. The lowest BCUT2D eigenvalue weighted by Gasteiger charge is -2.07. The van der Waals surface area contributed by atoms with Crippen molar-refractivity contribution in [2.24, 2.45) is 4.99 Å². The van der Waals surface area contributed by atoms with Gasteiger partial charge < -0.3 is 14.6 Å². The predicted molar refractivity (Wildman–Crippen MR) is 125 cm³/mol. The van der Waals surface area contributed by atoms with Gasteiger partial charge in [0.2, 0.25) is 0 Å². The number of carbonyl (C=O) groups excluding carboxylic acids is 1. The minimum Gasteiger partial charge on any atom is -0.506 e. The molecule has 1 N–H and O–H groups in total. The summed E-state index contributed by atoms with van der Waals surface area (Å²) < 4.78 is 11.5. The third-order valence-corrected chi connectivity index (χ3v) is 5.61. The van der Waals surface area contributed by atoms with Crippen molar-refractivity contribution in [1.29, 1.82) is 0 Å². The maximum atomic E-state index is 12.5. The average Bonchev–Trinajstić information content (AvgIpc) is 3.03. The third kappa shape index (κ3) is 5.23. The maximum Gasteiger partial charge on any atom is 0.344 e. The largest absolute Gasteiger partial charge is 0.506 e. The first-order chi connectivity index (χ1) is 14.5. The first-order valence-electron chi connectivity index (χ1n) is 9.21. The van der Waals surface area contributed by atoms with Crippen LogP contribution in [0.3, 0.4) is 0 Å². The number of halogens is 1. The molecule has 0 unspecified atom stereocenters. The van der Waals surface area contributed by atoms with Crippen LogP contribution in [0.2, 0.25) is 0 Å². The highest BCUT2D eigenvalue weighted by Gasteiger charge is 2.33. The molecule has 3 rings (SSSR count). The molecule has 0 saturated carbocycles. The van der Waals surface area contributed by atoms with Gasteiger partial charge in [0.15, 0.2) is 0 Å². The lowest BCUT2D eigenvalue weighted by Crippen LogP contribution is -2.12. The third-order valence-electron chi connectivity index (χ3n) is 3.97. The number of carbonyl (C=O) groups is 1. The van der Waals surface area contributed by atoms with Crippen molar-refractivity contribution in [2.45, 2.75) is 6.92 Å². The van der Waals surface area contributed by atoms with Crippen molar-refractivity contribution in [2.75, 3.05) is 13.2 Å². The molecule has 0 fully saturated rings. The van der Waals surface area contributed by atoms with E-state index in [4.69, 9.17) is 9.47 Å². The smallest absolute Gasteiger partial charge is 0.344 e. The number of aliphatic imine (C=N–C) groups is 1. The van der Waals surface area contributed by atoms with E-state index in [0.29, 0.717) is 28.0 Å². The van der Waals surface area contributed by atoms with Crippen LogP contribution < -0.4 is 4.74 Å². The summed E-state index contributed by atoms with van der Waals surface area (Å²) in [6, 6.07) is 14.8. The molecule has 30 heavy (non-hydrogen) atoms. The molecule has 2 aromatic rings. The first kappa shape index (κ1) is 21.9. The molecule has 0 amide bonds. The van der Waals surface area contributed by atoms with Gasteiger partial charge in [-0.05, 0) is 58.8 Å². The summed E-state index contributed by atoms with van der Waals surface area (Å²) in [5, 5.41) is 11.2. The van der Waals surface area contributed by atoms with Gasteiger partial charge in [-0.1, -0.05) is 48.7 Å². The van der Waals surface area contributed by atoms with Crippen molar-refractivity contribution in [3.05, 3.63) is 87.5 Å². The van der Waals surface area contributed by atoms with Crippen LogP contribution in [0.25, 0.3) is 6.08 Å². The van der Waals surface area contributed by atoms with E-state index in [1.165, 1.54) is 11.8 Å². The zero-order valence-corrected chi connectivity index (χ0v) is 18.7. The lowest BCUT2D eigenvalue weighted by atomic mass is 10.1. The Labute approximate surface area is 187 Å². The molecule has 0 bridgehead atoms. The molecule has 5 nitrogen and oxygen atoms in total. The summed E-state index contributed by atoms with van der Waals surface area (Å²) in [5.41, 5.74) is 1.58. The van der Waals surface area contributed by atoms with Gasteiger partial charge in [-0.25, -0.2) is 9.79 Å². The maximum absolute atomic E-state index is 12.5. The fraction of sp³-hybridized carbons (Fsp3) is 0.130. The number of para-hydroxylation sites is 1. The van der Waals surface area contributed by atoms with Crippen LogP contribution in [0, 0.1) is 0 Å². The highest BCUT2D eigenvalue weighted by atomic mass is 79.9. The number of esters is 1. The number of thioether (sulfide) groups is 1. The zero-order chi connectivity index (χ0) is 21.5. The van der Waals surface area contributed by atoms with E-state index in [-0.39, 0.29) is 17.9 Å². The molecule has 2 aromatic carbocycles. The number of hydrogen-bond acceptors (Lipinski definition) is 6. The first-order valence-corrected chi connectivity index (χ1v) is 10.8. The monoisotopic (exact) mass is 485 g/mol. The molecule has 0 atom stereocenters. The van der Waals surface area contributed by atoms with Crippen LogP contribution in [0.15, 0.2) is 86.9 Å². The van der Waals surface area contributed by atoms with Gasteiger partial charge in [0.1, 0.15) is 28.7 Å². The van der Waals surface area contributed by atoms with E-state index in [1.54, 1.807) is 19.1 Å². The fourth-order valence-electron chi connectivity index (χ4n) is 2.64. The molecule has 0 aromatic heterocycles. The molecule has 1 aliphatic rings. The average molecular weight is 486 g/mol. The second-order valence-electron chi connectivity index (χ2n) is 6.10. The highest BCUT2D eigenvalue weighted by Crippen LogP contribution is 2.40. The summed E-state index contributed by atoms with van der Waals surface area (Å²) in [4.78, 5) is 17.5. The van der Waals surface area contributed by atoms with Crippen LogP contribution in [0.1, 0.15) is 12.5 Å². The van der Waals surface area contributed by atoms with Gasteiger partial charge in [0, 0.05) is 0 Å². The van der Waals surface area contributed by atoms with E-state index < -0.39 is 5.97 Å². The highest BCUT2D eigenvalue weighted by molar-refractivity contribution is 9.10. The van der Waals surface area contributed by atoms with Crippen molar-refractivity contribution in [3.8, 4) is 5.75 Å². The number of nitrogens with zero attached hydrogens (tertiary/aromatic N) is 1. The van der Waals surface area contributed by atoms with Crippen molar-refractivity contribution < 1.29 is 19.4 Å². The predicted octanol–water partition coefficient (Wildman–Crippen LogP) is 6.21. The van der Waals surface area contributed by atoms with Gasteiger partial charge in [-0.3, -0.25) is 0 Å². The van der Waals surface area contributed by atoms with Crippen molar-refractivity contribution in [1.82, 2.24) is 0 Å². The van der Waals surface area contributed by atoms with Crippen LogP contribution in [0.5, 0.6) is 5.75 Å². The van der Waals surface area contributed by atoms with E-state index >= 15 is 0 Å². The summed E-state index contributed by atoms with van der Waals surface area (Å²) in [7, 11) is 0. The number of rotatable bonds is 7. The number of ether oxygens (including phenoxy) is 2. The molecule has 1 aliphatic heterocycles. The Morgan fingerprint density at radius 3 is 2.70 bits per heavy atom. The fourth-order valence-corrected chi connectivity index (χ4v) is 4.18. The molecule has 154 valence electrons. The minimum atomic E-state index is -0.602. The Bertz CT molecular complexity index is 1040. The Balaban J connectivity index is 1.97. The van der Waals surface area contributed by atoms with Crippen LogP contribution >= 0.6 is 27.7 Å². The van der Waals surface area contributed by atoms with Gasteiger partial charge >= 0.3 is 5.97 Å². The Hall–Kier alpha value is -2.77. The lowest BCUT2D eigenvalue weighted by molar-refractivity contribution is -0.138. The number of benzene rings is 2. The van der Waals surface area contributed by atoms with Crippen molar-refractivity contribution >= 4 is 50.5 Å². The Morgan fingerprint density at radius 1 is 1.27 bits per heavy atom. The second-order valence-corrected chi connectivity index (χ2v) is 7.98. The number of aliphatic hydroxyl groups excluding tert-OH is 1. The van der Waals surface area contributed by atoms with Crippen LogP contribution in [-0.4, -0.2) is 29.3 Å². The van der Waals surface area contributed by atoms with Gasteiger partial charge in [0.25, 0.3) is 0 Å². The van der Waals surface area contributed by atoms with E-state index in [9.17, 15) is 9.90 Å². The van der Waals surface area contributed by atoms with Crippen LogP contribution in [0.4, 0.5) is 5.69 Å². The molecular formula is C23H20BrNO4S. The van der Waals surface area contributed by atoms with Crippen LogP contribution in [-0.2, 0) is 9.53 Å². The van der Waals surface area contributed by atoms with Gasteiger partial charge in [-0.15, -0.1) is 0 Å². The Morgan fingerprint density at radius 2 is 2.03 bits per heavy atom. The molecule has 0 aliphatic carbocycles. The molecule has 1 heterocycles. The molecular weight excluding hydrogens is 466 g/mol. The number of aliphatic hydroxyl groups is 1. The minimum absolute atomic E-state index is 0.0713. The quantitative estimate of drug-likeness (QED) is 0.373. The van der Waals surface area contributed by atoms with Crippen molar-refractivity contribution in [3.63, 3.8) is 0 Å².